The molecule has 5 rings (SSSR count). The number of phenolic OH excluding ortho intramolecular Hbond substituents is 1. The number of hydrogen-bond acceptors (Lipinski definition) is 9. The molecule has 0 spiro atoms. The van der Waals surface area contributed by atoms with Gasteiger partial charge in [0.2, 0.25) is 5.95 Å². The Kier molecular flexibility index (Phi) is 5.66. The molecule has 1 aliphatic rings. The van der Waals surface area contributed by atoms with Crippen molar-refractivity contribution in [3.63, 3.8) is 0 Å². The number of hydrogen-bond donors (Lipinski definition) is 3. The smallest absolute Gasteiger partial charge is 0.229 e. The van der Waals surface area contributed by atoms with Gasteiger partial charge in [0.05, 0.1) is 18.5 Å². The minimum atomic E-state index is -0.175. The highest BCUT2D eigenvalue weighted by Crippen LogP contribution is 2.27. The molecule has 0 bridgehead atoms. The Hall–Kier alpha value is -3.92. The Labute approximate surface area is 191 Å². The number of nitrogens with one attached hydrogen (secondary N) is 1. The monoisotopic (exact) mass is 446 g/mol. The van der Waals surface area contributed by atoms with Gasteiger partial charge in [-0.2, -0.15) is 9.97 Å². The lowest BCUT2D eigenvalue weighted by molar-refractivity contribution is 0.281. The van der Waals surface area contributed by atoms with Gasteiger partial charge in [-0.15, -0.1) is 0 Å². The molecule has 0 unspecified atom stereocenters. The van der Waals surface area contributed by atoms with Crippen LogP contribution in [0.15, 0.2) is 55.1 Å². The van der Waals surface area contributed by atoms with Crippen LogP contribution in [0.25, 0.3) is 16.9 Å². The highest BCUT2D eigenvalue weighted by atomic mass is 16.3. The van der Waals surface area contributed by atoms with Crippen LogP contribution in [-0.4, -0.2) is 73.5 Å². The van der Waals surface area contributed by atoms with E-state index in [1.54, 1.807) is 30.9 Å². The van der Waals surface area contributed by atoms with Crippen molar-refractivity contribution < 1.29 is 10.2 Å². The number of pyridine rings is 1. The van der Waals surface area contributed by atoms with Crippen molar-refractivity contribution in [2.45, 2.75) is 13.0 Å². The maximum Gasteiger partial charge on any atom is 0.229 e. The van der Waals surface area contributed by atoms with E-state index in [4.69, 9.17) is 9.97 Å². The molecule has 0 saturated carbocycles. The van der Waals surface area contributed by atoms with Crippen LogP contribution >= 0.6 is 0 Å². The molecule has 0 aliphatic carbocycles. The summed E-state index contributed by atoms with van der Waals surface area (Å²) in [5, 5.41) is 22.4. The Morgan fingerprint density at radius 1 is 1.00 bits per heavy atom. The molecule has 3 aromatic heterocycles. The molecule has 10 heteroatoms. The molecular formula is C23H26N8O2. The van der Waals surface area contributed by atoms with Crippen LogP contribution < -0.4 is 15.1 Å². The zero-order chi connectivity index (χ0) is 22.8. The molecule has 4 aromatic rings. The van der Waals surface area contributed by atoms with Gasteiger partial charge in [0.25, 0.3) is 0 Å². The van der Waals surface area contributed by atoms with Gasteiger partial charge >= 0.3 is 0 Å². The number of aliphatic hydroxyl groups is 1. The number of benzene rings is 1. The third-order valence-electron chi connectivity index (χ3n) is 5.74. The fraction of sp³-hybridized carbons (Fsp3) is 0.304. The first-order valence-electron chi connectivity index (χ1n) is 10.9. The predicted octanol–water partition coefficient (Wildman–Crippen LogP) is 2.04. The number of fused-ring (bicyclic) bond motifs is 1. The van der Waals surface area contributed by atoms with Crippen LogP contribution in [-0.2, 0) is 0 Å². The summed E-state index contributed by atoms with van der Waals surface area (Å²) in [6, 6.07) is 10.9. The number of nitrogens with zero attached hydrogens (tertiary/aromatic N) is 7. The normalized spacial score (nSPS) is 15.1. The zero-order valence-electron chi connectivity index (χ0n) is 18.3. The lowest BCUT2D eigenvalue weighted by atomic mass is 10.2. The number of anilines is 3. The van der Waals surface area contributed by atoms with Gasteiger partial charge in [-0.05, 0) is 43.3 Å². The molecule has 4 heterocycles. The van der Waals surface area contributed by atoms with Crippen molar-refractivity contribution in [3.05, 3.63) is 55.1 Å². The summed E-state index contributed by atoms with van der Waals surface area (Å²) in [6.07, 6.45) is 5.22. The average molecular weight is 447 g/mol. The van der Waals surface area contributed by atoms with Crippen molar-refractivity contribution >= 4 is 28.6 Å². The molecule has 3 N–H and O–H groups in total. The molecule has 33 heavy (non-hydrogen) atoms. The van der Waals surface area contributed by atoms with Crippen molar-refractivity contribution in [1.82, 2.24) is 24.5 Å². The summed E-state index contributed by atoms with van der Waals surface area (Å²) in [4.78, 5) is 22.8. The minimum Gasteiger partial charge on any atom is -0.508 e. The van der Waals surface area contributed by atoms with E-state index in [1.165, 1.54) is 0 Å². The molecule has 1 fully saturated rings. The topological polar surface area (TPSA) is 115 Å². The van der Waals surface area contributed by atoms with Gasteiger partial charge in [-0.3, -0.25) is 9.55 Å². The Morgan fingerprint density at radius 3 is 2.45 bits per heavy atom. The average Bonchev–Trinajstić information content (AvgIpc) is 3.29. The van der Waals surface area contributed by atoms with Crippen molar-refractivity contribution in [2.75, 3.05) is 47.9 Å². The molecule has 1 aliphatic heterocycles. The molecule has 170 valence electrons. The lowest BCUT2D eigenvalue weighted by Crippen LogP contribution is -2.47. The first-order valence-corrected chi connectivity index (χ1v) is 10.9. The second-order valence-electron chi connectivity index (χ2n) is 8.09. The molecule has 0 amide bonds. The number of phenols is 1. The van der Waals surface area contributed by atoms with E-state index in [1.807, 2.05) is 35.8 Å². The molecule has 1 saturated heterocycles. The van der Waals surface area contributed by atoms with Crippen LogP contribution in [0.1, 0.15) is 6.92 Å². The molecule has 0 radical (unpaired) electrons. The zero-order valence-corrected chi connectivity index (χ0v) is 18.3. The van der Waals surface area contributed by atoms with Gasteiger partial charge in [0.1, 0.15) is 12.1 Å². The van der Waals surface area contributed by atoms with Crippen LogP contribution in [0, 0.1) is 0 Å². The fourth-order valence-corrected chi connectivity index (χ4v) is 3.92. The van der Waals surface area contributed by atoms with E-state index in [9.17, 15) is 10.2 Å². The van der Waals surface area contributed by atoms with Gasteiger partial charge in [0, 0.05) is 44.1 Å². The first kappa shape index (κ1) is 21.0. The Morgan fingerprint density at radius 2 is 1.76 bits per heavy atom. The number of aromatic nitrogens is 5. The second kappa shape index (κ2) is 8.91. The van der Waals surface area contributed by atoms with Gasteiger partial charge in [0.15, 0.2) is 17.0 Å². The predicted molar refractivity (Wildman–Crippen MR) is 127 cm³/mol. The standard InChI is InChI=1S/C23H26N8O2/c1-16(14-32)26-21-20-22(31(15-25-20)18-3-2-8-24-13-18)28-23(27-21)30-11-9-29(10-12-30)17-4-6-19(33)7-5-17/h2-8,13,15-16,32-33H,9-12,14H2,1H3,(H,26,27,28)/t16-/m0/s1. The van der Waals surface area contributed by atoms with Crippen LogP contribution in [0.4, 0.5) is 17.5 Å². The number of aromatic hydroxyl groups is 1. The SMILES string of the molecule is C[C@@H](CO)Nc1nc(N2CCN(c3ccc(O)cc3)CC2)nc2c1ncn2-c1cccnc1. The van der Waals surface area contributed by atoms with Crippen LogP contribution in [0.2, 0.25) is 0 Å². The maximum absolute atomic E-state index is 9.55. The summed E-state index contributed by atoms with van der Waals surface area (Å²) < 4.78 is 1.90. The van der Waals surface area contributed by atoms with E-state index in [2.05, 4.69) is 25.1 Å². The third-order valence-corrected chi connectivity index (χ3v) is 5.74. The van der Waals surface area contributed by atoms with E-state index >= 15 is 0 Å². The minimum absolute atomic E-state index is 0.0184. The quantitative estimate of drug-likeness (QED) is 0.409. The number of piperazine rings is 1. The number of rotatable bonds is 6. The molecule has 1 aromatic carbocycles. The highest BCUT2D eigenvalue weighted by molar-refractivity contribution is 5.85. The van der Waals surface area contributed by atoms with E-state index in [0.717, 1.165) is 37.6 Å². The van der Waals surface area contributed by atoms with E-state index in [-0.39, 0.29) is 18.4 Å². The summed E-state index contributed by atoms with van der Waals surface area (Å²) in [6.45, 7) is 5.00. The maximum atomic E-state index is 9.55. The van der Waals surface area contributed by atoms with E-state index < -0.39 is 0 Å². The summed E-state index contributed by atoms with van der Waals surface area (Å²) in [5.74, 6) is 1.48. The Bertz CT molecular complexity index is 1220. The van der Waals surface area contributed by atoms with Crippen molar-refractivity contribution in [3.8, 4) is 11.4 Å². The van der Waals surface area contributed by atoms with Crippen LogP contribution in [0.5, 0.6) is 5.75 Å². The van der Waals surface area contributed by atoms with Gasteiger partial charge in [-0.25, -0.2) is 4.98 Å². The molecule has 1 atom stereocenters. The fourth-order valence-electron chi connectivity index (χ4n) is 3.92. The summed E-state index contributed by atoms with van der Waals surface area (Å²) in [7, 11) is 0. The highest BCUT2D eigenvalue weighted by Gasteiger charge is 2.23. The van der Waals surface area contributed by atoms with Gasteiger partial charge in [-0.1, -0.05) is 0 Å². The van der Waals surface area contributed by atoms with Crippen LogP contribution in [0.3, 0.4) is 0 Å². The first-order chi connectivity index (χ1) is 16.1. The van der Waals surface area contributed by atoms with E-state index in [0.29, 0.717) is 22.9 Å². The summed E-state index contributed by atoms with van der Waals surface area (Å²) >= 11 is 0. The molecule has 10 nitrogen and oxygen atoms in total. The second-order valence-corrected chi connectivity index (χ2v) is 8.09. The lowest BCUT2D eigenvalue weighted by Gasteiger charge is -2.36. The Balaban J connectivity index is 1.46. The van der Waals surface area contributed by atoms with Crippen molar-refractivity contribution in [1.29, 1.82) is 0 Å². The third kappa shape index (κ3) is 4.24. The van der Waals surface area contributed by atoms with Crippen molar-refractivity contribution in [2.24, 2.45) is 0 Å². The largest absolute Gasteiger partial charge is 0.508 e. The molecular weight excluding hydrogens is 420 g/mol. The summed E-state index contributed by atoms with van der Waals surface area (Å²) in [5.41, 5.74) is 3.27. The number of imidazole rings is 1. The van der Waals surface area contributed by atoms with Gasteiger partial charge < -0.3 is 25.3 Å². The number of aliphatic hydroxyl groups excluding tert-OH is 1.